The molecule has 0 saturated carbocycles. The Morgan fingerprint density at radius 3 is 2.10 bits per heavy atom. The van der Waals surface area contributed by atoms with Gasteiger partial charge in [0.2, 0.25) is 0 Å². The van der Waals surface area contributed by atoms with Gasteiger partial charge in [0.1, 0.15) is 11.6 Å². The van der Waals surface area contributed by atoms with Gasteiger partial charge in [0.25, 0.3) is 0 Å². The highest BCUT2D eigenvalue weighted by molar-refractivity contribution is 5.22. The molecule has 21 heavy (non-hydrogen) atoms. The second-order valence-corrected chi connectivity index (χ2v) is 5.33. The molecule has 1 aromatic rings. The minimum absolute atomic E-state index is 0.0281. The predicted molar refractivity (Wildman–Crippen MR) is 75.9 cm³/mol. The van der Waals surface area contributed by atoms with Crippen LogP contribution in [0.1, 0.15) is 18.0 Å². The highest BCUT2D eigenvalue weighted by atomic mass is 19.1. The van der Waals surface area contributed by atoms with Crippen molar-refractivity contribution in [3.8, 4) is 0 Å². The summed E-state index contributed by atoms with van der Waals surface area (Å²) < 4.78 is 26.8. The highest BCUT2D eigenvalue weighted by Gasteiger charge is 2.25. The molecule has 0 bridgehead atoms. The molecule has 2 rings (SSSR count). The van der Waals surface area contributed by atoms with E-state index < -0.39 is 11.6 Å². The summed E-state index contributed by atoms with van der Waals surface area (Å²) in [5.41, 5.74) is 0.567. The topological polar surface area (TPSA) is 46.9 Å². The first-order valence-electron chi connectivity index (χ1n) is 7.28. The molecule has 0 aliphatic carbocycles. The van der Waals surface area contributed by atoms with Crippen LogP contribution >= 0.6 is 0 Å². The second-order valence-electron chi connectivity index (χ2n) is 5.33. The maximum absolute atomic E-state index is 13.4. The van der Waals surface area contributed by atoms with Crippen LogP contribution in [0.25, 0.3) is 0 Å². The number of rotatable bonds is 6. The molecule has 118 valence electrons. The second kappa shape index (κ2) is 7.79. The average Bonchev–Trinajstić information content (AvgIpc) is 2.45. The first kappa shape index (κ1) is 16.3. The summed E-state index contributed by atoms with van der Waals surface area (Å²) in [6.07, 6.45) is 0.447. The van der Waals surface area contributed by atoms with E-state index in [9.17, 15) is 13.9 Å². The minimum atomic E-state index is -0.591. The normalized spacial score (nSPS) is 18.9. The average molecular weight is 300 g/mol. The summed E-state index contributed by atoms with van der Waals surface area (Å²) in [6.45, 7) is 3.87. The molecule has 1 fully saturated rings. The van der Waals surface area contributed by atoms with Crippen LogP contribution in [-0.2, 0) is 0 Å². The quantitative estimate of drug-likeness (QED) is 0.823. The zero-order valence-corrected chi connectivity index (χ0v) is 12.0. The van der Waals surface area contributed by atoms with Crippen LogP contribution in [0.5, 0.6) is 0 Å². The lowest BCUT2D eigenvalue weighted by atomic mass is 10.0. The Hall–Kier alpha value is -1.08. The van der Waals surface area contributed by atoms with Gasteiger partial charge in [-0.25, -0.2) is 8.78 Å². The molecule has 4 nitrogen and oxygen atoms in total. The lowest BCUT2D eigenvalue weighted by Gasteiger charge is -2.39. The molecule has 0 aromatic heterocycles. The number of benzene rings is 1. The lowest BCUT2D eigenvalue weighted by Crippen LogP contribution is -2.48. The molecule has 1 aliphatic rings. The third-order valence-electron chi connectivity index (χ3n) is 3.94. The van der Waals surface area contributed by atoms with Gasteiger partial charge in [-0.2, -0.15) is 0 Å². The monoisotopic (exact) mass is 300 g/mol. The molecule has 2 N–H and O–H groups in total. The van der Waals surface area contributed by atoms with Crippen molar-refractivity contribution >= 4 is 0 Å². The Balaban J connectivity index is 2.08. The number of β-amino-alcohol motifs (C(OH)–C–C–N with tert-alkyl or cyclic N) is 1. The number of piperazine rings is 1. The number of hydrogen-bond donors (Lipinski definition) is 2. The maximum Gasteiger partial charge on any atom is 0.126 e. The molecule has 1 atom stereocenters. The van der Waals surface area contributed by atoms with Crippen molar-refractivity contribution < 1.29 is 19.0 Å². The first-order valence-corrected chi connectivity index (χ1v) is 7.28. The van der Waals surface area contributed by atoms with E-state index >= 15 is 0 Å². The molecular formula is C15H22F2N2O2. The van der Waals surface area contributed by atoms with E-state index in [1.807, 2.05) is 0 Å². The van der Waals surface area contributed by atoms with Crippen LogP contribution in [0.4, 0.5) is 8.78 Å². The van der Waals surface area contributed by atoms with E-state index in [2.05, 4.69) is 9.80 Å². The summed E-state index contributed by atoms with van der Waals surface area (Å²) in [7, 11) is 0. The fourth-order valence-corrected chi connectivity index (χ4v) is 2.89. The molecule has 0 amide bonds. The number of halogens is 2. The van der Waals surface area contributed by atoms with Crippen LogP contribution in [0.3, 0.4) is 0 Å². The Bertz CT molecular complexity index is 431. The third-order valence-corrected chi connectivity index (χ3v) is 3.94. The summed E-state index contributed by atoms with van der Waals surface area (Å²) >= 11 is 0. The van der Waals surface area contributed by atoms with Crippen molar-refractivity contribution in [1.29, 1.82) is 0 Å². The van der Waals surface area contributed by atoms with Gasteiger partial charge in [-0.15, -0.1) is 0 Å². The molecule has 1 unspecified atom stereocenters. The molecule has 1 saturated heterocycles. The summed E-state index contributed by atoms with van der Waals surface area (Å²) in [4.78, 5) is 4.29. The standard InChI is InChI=1S/C15H22F2N2O2/c16-13-9-12(10-14(17)11-13)15(1-7-20)19-4-2-18(3-5-19)6-8-21/h9-11,15,20-21H,1-8H2. The summed E-state index contributed by atoms with van der Waals surface area (Å²) in [6, 6.07) is 3.35. The fraction of sp³-hybridized carbons (Fsp3) is 0.600. The van der Waals surface area contributed by atoms with Gasteiger partial charge >= 0.3 is 0 Å². The van der Waals surface area contributed by atoms with Crippen LogP contribution in [0.15, 0.2) is 18.2 Å². The molecule has 0 radical (unpaired) electrons. The van der Waals surface area contributed by atoms with Gasteiger partial charge in [0, 0.05) is 51.4 Å². The van der Waals surface area contributed by atoms with E-state index in [-0.39, 0.29) is 19.3 Å². The lowest BCUT2D eigenvalue weighted by molar-refractivity contribution is 0.0726. The van der Waals surface area contributed by atoms with Gasteiger partial charge in [-0.1, -0.05) is 0 Å². The van der Waals surface area contributed by atoms with Crippen molar-refractivity contribution in [3.63, 3.8) is 0 Å². The fourth-order valence-electron chi connectivity index (χ4n) is 2.89. The zero-order chi connectivity index (χ0) is 15.2. The predicted octanol–water partition coefficient (Wildman–Crippen LogP) is 0.998. The van der Waals surface area contributed by atoms with Crippen LogP contribution < -0.4 is 0 Å². The van der Waals surface area contributed by atoms with E-state index in [0.717, 1.165) is 32.2 Å². The zero-order valence-electron chi connectivity index (χ0n) is 12.0. The minimum Gasteiger partial charge on any atom is -0.396 e. The number of aliphatic hydroxyl groups is 2. The largest absolute Gasteiger partial charge is 0.396 e. The smallest absolute Gasteiger partial charge is 0.126 e. The SMILES string of the molecule is OCCC(c1cc(F)cc(F)c1)N1CCN(CCO)CC1. The highest BCUT2D eigenvalue weighted by Crippen LogP contribution is 2.26. The number of aliphatic hydroxyl groups excluding tert-OH is 2. The van der Waals surface area contributed by atoms with Crippen molar-refractivity contribution in [2.24, 2.45) is 0 Å². The molecule has 1 heterocycles. The van der Waals surface area contributed by atoms with Crippen LogP contribution in [0, 0.1) is 11.6 Å². The Labute approximate surface area is 123 Å². The van der Waals surface area contributed by atoms with Gasteiger partial charge in [0.05, 0.1) is 6.61 Å². The summed E-state index contributed by atoms with van der Waals surface area (Å²) in [5.74, 6) is -1.18. The van der Waals surface area contributed by atoms with E-state index in [1.165, 1.54) is 12.1 Å². The number of nitrogens with zero attached hydrogens (tertiary/aromatic N) is 2. The van der Waals surface area contributed by atoms with E-state index in [0.29, 0.717) is 18.5 Å². The Kier molecular flexibility index (Phi) is 6.05. The third kappa shape index (κ3) is 4.44. The molecule has 0 spiro atoms. The molecule has 1 aromatic carbocycles. The Morgan fingerprint density at radius 1 is 0.952 bits per heavy atom. The van der Waals surface area contributed by atoms with Crippen LogP contribution in [0.2, 0.25) is 0 Å². The van der Waals surface area contributed by atoms with E-state index in [4.69, 9.17) is 5.11 Å². The van der Waals surface area contributed by atoms with Crippen molar-refractivity contribution in [2.45, 2.75) is 12.5 Å². The Morgan fingerprint density at radius 2 is 1.57 bits per heavy atom. The molecule has 1 aliphatic heterocycles. The summed E-state index contributed by atoms with van der Waals surface area (Å²) in [5, 5.41) is 18.2. The molecular weight excluding hydrogens is 278 g/mol. The van der Waals surface area contributed by atoms with Crippen molar-refractivity contribution in [2.75, 3.05) is 45.9 Å². The van der Waals surface area contributed by atoms with Crippen molar-refractivity contribution in [3.05, 3.63) is 35.4 Å². The maximum atomic E-state index is 13.4. The van der Waals surface area contributed by atoms with Gasteiger partial charge < -0.3 is 10.2 Å². The van der Waals surface area contributed by atoms with Crippen LogP contribution in [-0.4, -0.2) is 66.0 Å². The number of hydrogen-bond acceptors (Lipinski definition) is 4. The van der Waals surface area contributed by atoms with Gasteiger partial charge in [-0.3, -0.25) is 9.80 Å². The molecule has 6 heteroatoms. The van der Waals surface area contributed by atoms with E-state index in [1.54, 1.807) is 0 Å². The van der Waals surface area contributed by atoms with Gasteiger partial charge in [-0.05, 0) is 24.1 Å². The van der Waals surface area contributed by atoms with Crippen molar-refractivity contribution in [1.82, 2.24) is 9.80 Å². The van der Waals surface area contributed by atoms with Gasteiger partial charge in [0.15, 0.2) is 0 Å². The first-order chi connectivity index (χ1) is 10.1.